The van der Waals surface area contributed by atoms with Gasteiger partial charge in [0.2, 0.25) is 5.95 Å². The molecule has 1 saturated heterocycles. The number of H-pyrrole nitrogens is 1. The Balaban J connectivity index is 1.47. The van der Waals surface area contributed by atoms with Crippen LogP contribution in [0, 0.1) is 6.92 Å². The van der Waals surface area contributed by atoms with Gasteiger partial charge in [-0.15, -0.1) is 0 Å². The number of rotatable bonds is 3. The van der Waals surface area contributed by atoms with E-state index in [9.17, 15) is 4.79 Å². The van der Waals surface area contributed by atoms with Crippen LogP contribution >= 0.6 is 0 Å². The maximum atomic E-state index is 12.9. The van der Waals surface area contributed by atoms with Crippen molar-refractivity contribution < 1.29 is 4.79 Å². The number of carbonyl (C=O) groups excluding carboxylic acids is 1. The molecule has 4 rings (SSSR count). The fourth-order valence-corrected chi connectivity index (χ4v) is 3.41. The summed E-state index contributed by atoms with van der Waals surface area (Å²) in [7, 11) is 0. The molecule has 3 heterocycles. The van der Waals surface area contributed by atoms with Gasteiger partial charge in [0.25, 0.3) is 5.91 Å². The average molecular weight is 363 g/mol. The Morgan fingerprint density at radius 3 is 2.74 bits per heavy atom. The standard InChI is InChI=1S/C19H21N7O/c1-12-22-17(25-24-12)13-6-9-26(10-7-13)18(27)15-4-2-3-14(11-15)16-5-8-21-19(20)23-16/h2-5,8,11,13H,6-7,9-10H2,1H3,(H2,20,21,23)(H,22,24,25). The Bertz CT molecular complexity index is 960. The first-order chi connectivity index (χ1) is 13.1. The van der Waals surface area contributed by atoms with Crippen LogP contribution in [0.4, 0.5) is 5.95 Å². The lowest BCUT2D eigenvalue weighted by atomic mass is 9.95. The van der Waals surface area contributed by atoms with Crippen molar-refractivity contribution in [1.82, 2.24) is 30.0 Å². The van der Waals surface area contributed by atoms with Gasteiger partial charge >= 0.3 is 0 Å². The van der Waals surface area contributed by atoms with Crippen LogP contribution in [0.15, 0.2) is 36.5 Å². The molecule has 1 aliphatic rings. The minimum Gasteiger partial charge on any atom is -0.368 e. The molecule has 1 amide bonds. The molecule has 0 bridgehead atoms. The average Bonchev–Trinajstić information content (AvgIpc) is 3.14. The lowest BCUT2D eigenvalue weighted by Crippen LogP contribution is -2.38. The number of nitrogens with zero attached hydrogens (tertiary/aromatic N) is 5. The summed E-state index contributed by atoms with van der Waals surface area (Å²) in [4.78, 5) is 27.4. The van der Waals surface area contributed by atoms with Gasteiger partial charge in [0.05, 0.1) is 5.69 Å². The van der Waals surface area contributed by atoms with E-state index in [0.29, 0.717) is 30.3 Å². The number of aromatic amines is 1. The van der Waals surface area contributed by atoms with Crippen molar-refractivity contribution in [3.05, 3.63) is 53.7 Å². The monoisotopic (exact) mass is 363 g/mol. The number of hydrogen-bond acceptors (Lipinski definition) is 6. The molecule has 0 spiro atoms. The smallest absolute Gasteiger partial charge is 0.253 e. The second-order valence-corrected chi connectivity index (χ2v) is 6.73. The molecule has 8 nitrogen and oxygen atoms in total. The van der Waals surface area contributed by atoms with Crippen LogP contribution < -0.4 is 5.73 Å². The number of aryl methyl sites for hydroxylation is 1. The second kappa shape index (κ2) is 7.14. The normalized spacial score (nSPS) is 15.1. The van der Waals surface area contributed by atoms with E-state index >= 15 is 0 Å². The van der Waals surface area contributed by atoms with E-state index in [1.54, 1.807) is 12.3 Å². The molecule has 1 aliphatic heterocycles. The number of amides is 1. The lowest BCUT2D eigenvalue weighted by Gasteiger charge is -2.31. The molecule has 0 radical (unpaired) electrons. The van der Waals surface area contributed by atoms with Gasteiger partial charge in [0.1, 0.15) is 5.82 Å². The van der Waals surface area contributed by atoms with Crippen molar-refractivity contribution in [2.75, 3.05) is 18.8 Å². The SMILES string of the molecule is Cc1nc(C2CCN(C(=O)c3cccc(-c4ccnc(N)n4)c3)CC2)n[nH]1. The lowest BCUT2D eigenvalue weighted by molar-refractivity contribution is 0.0711. The third-order valence-corrected chi connectivity index (χ3v) is 4.84. The Morgan fingerprint density at radius 2 is 2.04 bits per heavy atom. The molecule has 0 unspecified atom stereocenters. The van der Waals surface area contributed by atoms with Crippen LogP contribution in [0.5, 0.6) is 0 Å². The Labute approximate surface area is 156 Å². The number of piperidine rings is 1. The first-order valence-corrected chi connectivity index (χ1v) is 8.97. The number of carbonyl (C=O) groups is 1. The second-order valence-electron chi connectivity index (χ2n) is 6.73. The Kier molecular flexibility index (Phi) is 4.53. The highest BCUT2D eigenvalue weighted by Gasteiger charge is 2.26. The first kappa shape index (κ1) is 17.1. The molecular formula is C19H21N7O. The quantitative estimate of drug-likeness (QED) is 0.737. The largest absolute Gasteiger partial charge is 0.368 e. The van der Waals surface area contributed by atoms with Crippen LogP contribution in [-0.2, 0) is 0 Å². The van der Waals surface area contributed by atoms with E-state index in [4.69, 9.17) is 5.73 Å². The molecule has 0 aliphatic carbocycles. The Hall–Kier alpha value is -3.29. The summed E-state index contributed by atoms with van der Waals surface area (Å²) < 4.78 is 0. The predicted molar refractivity (Wildman–Crippen MR) is 101 cm³/mol. The molecule has 1 aromatic carbocycles. The van der Waals surface area contributed by atoms with Gasteiger partial charge in [-0.05, 0) is 38.0 Å². The van der Waals surface area contributed by atoms with Crippen molar-refractivity contribution in [3.63, 3.8) is 0 Å². The minimum absolute atomic E-state index is 0.0310. The van der Waals surface area contributed by atoms with E-state index in [1.807, 2.05) is 36.1 Å². The number of likely N-dealkylation sites (tertiary alicyclic amines) is 1. The fourth-order valence-electron chi connectivity index (χ4n) is 3.41. The molecule has 3 aromatic rings. The zero-order valence-corrected chi connectivity index (χ0v) is 15.1. The van der Waals surface area contributed by atoms with E-state index < -0.39 is 0 Å². The molecular weight excluding hydrogens is 342 g/mol. The topological polar surface area (TPSA) is 114 Å². The molecule has 2 aromatic heterocycles. The van der Waals surface area contributed by atoms with Gasteiger partial charge < -0.3 is 10.6 Å². The summed E-state index contributed by atoms with van der Waals surface area (Å²) in [6, 6.07) is 9.25. The third-order valence-electron chi connectivity index (χ3n) is 4.84. The maximum absolute atomic E-state index is 12.9. The summed E-state index contributed by atoms with van der Waals surface area (Å²) in [6.45, 7) is 3.29. The summed E-state index contributed by atoms with van der Waals surface area (Å²) in [5.74, 6) is 2.22. The predicted octanol–water partition coefficient (Wildman–Crippen LogP) is 2.17. The van der Waals surface area contributed by atoms with Crippen LogP contribution in [0.1, 0.15) is 40.8 Å². The van der Waals surface area contributed by atoms with Gasteiger partial charge in [-0.2, -0.15) is 5.10 Å². The van der Waals surface area contributed by atoms with Crippen LogP contribution in [-0.4, -0.2) is 49.0 Å². The number of hydrogen-bond donors (Lipinski definition) is 2. The van der Waals surface area contributed by atoms with Gasteiger partial charge in [-0.3, -0.25) is 9.89 Å². The summed E-state index contributed by atoms with van der Waals surface area (Å²) in [5, 5.41) is 7.15. The number of anilines is 1. The van der Waals surface area contributed by atoms with E-state index in [2.05, 4.69) is 25.1 Å². The van der Waals surface area contributed by atoms with Crippen molar-refractivity contribution in [2.24, 2.45) is 0 Å². The van der Waals surface area contributed by atoms with Gasteiger partial charge in [-0.1, -0.05) is 12.1 Å². The van der Waals surface area contributed by atoms with Crippen molar-refractivity contribution in [3.8, 4) is 11.3 Å². The molecule has 27 heavy (non-hydrogen) atoms. The van der Waals surface area contributed by atoms with Crippen LogP contribution in [0.3, 0.4) is 0 Å². The Morgan fingerprint density at radius 1 is 1.22 bits per heavy atom. The van der Waals surface area contributed by atoms with Crippen LogP contribution in [0.2, 0.25) is 0 Å². The maximum Gasteiger partial charge on any atom is 0.253 e. The van der Waals surface area contributed by atoms with Crippen molar-refractivity contribution in [2.45, 2.75) is 25.7 Å². The number of nitrogens with one attached hydrogen (secondary N) is 1. The van der Waals surface area contributed by atoms with Gasteiger partial charge in [-0.25, -0.2) is 15.0 Å². The van der Waals surface area contributed by atoms with Gasteiger partial charge in [0.15, 0.2) is 5.82 Å². The molecule has 138 valence electrons. The number of nitrogen functional groups attached to an aromatic ring is 1. The molecule has 0 saturated carbocycles. The molecule has 0 atom stereocenters. The highest BCUT2D eigenvalue weighted by atomic mass is 16.2. The third kappa shape index (κ3) is 3.64. The minimum atomic E-state index is 0.0310. The molecule has 8 heteroatoms. The van der Waals surface area contributed by atoms with E-state index in [0.717, 1.165) is 30.1 Å². The van der Waals surface area contributed by atoms with Crippen LogP contribution in [0.25, 0.3) is 11.3 Å². The highest BCUT2D eigenvalue weighted by Crippen LogP contribution is 2.27. The number of benzene rings is 1. The highest BCUT2D eigenvalue weighted by molar-refractivity contribution is 5.95. The summed E-state index contributed by atoms with van der Waals surface area (Å²) in [5.41, 5.74) is 7.87. The van der Waals surface area contributed by atoms with Gasteiger partial charge in [0, 0.05) is 36.3 Å². The number of nitrogens with two attached hydrogens (primary N) is 1. The fraction of sp³-hybridized carbons (Fsp3) is 0.316. The zero-order chi connectivity index (χ0) is 18.8. The number of aromatic nitrogens is 5. The summed E-state index contributed by atoms with van der Waals surface area (Å²) in [6.07, 6.45) is 3.35. The molecule has 3 N–H and O–H groups in total. The van der Waals surface area contributed by atoms with Crippen molar-refractivity contribution >= 4 is 11.9 Å². The van der Waals surface area contributed by atoms with Crippen molar-refractivity contribution in [1.29, 1.82) is 0 Å². The van der Waals surface area contributed by atoms with E-state index in [-0.39, 0.29) is 11.9 Å². The van der Waals surface area contributed by atoms with E-state index in [1.165, 1.54) is 0 Å². The molecule has 1 fully saturated rings. The zero-order valence-electron chi connectivity index (χ0n) is 15.1. The summed E-state index contributed by atoms with van der Waals surface area (Å²) >= 11 is 0. The first-order valence-electron chi connectivity index (χ1n) is 8.97.